The van der Waals surface area contributed by atoms with E-state index < -0.39 is 11.7 Å². The molecule has 5 atom stereocenters. The van der Waals surface area contributed by atoms with Crippen LogP contribution in [0.1, 0.15) is 40.0 Å². The maximum absolute atomic E-state index is 11.7. The largest absolute Gasteiger partial charge is 0.393 e. The Labute approximate surface area is 114 Å². The fourth-order valence-electron chi connectivity index (χ4n) is 3.86. The molecular weight excluding hydrogens is 244 g/mol. The predicted octanol–water partition coefficient (Wildman–Crippen LogP) is 1.04. The van der Waals surface area contributed by atoms with Crippen molar-refractivity contribution >= 4 is 5.78 Å². The van der Waals surface area contributed by atoms with Crippen LogP contribution >= 0.6 is 0 Å². The van der Waals surface area contributed by atoms with Crippen molar-refractivity contribution in [3.63, 3.8) is 0 Å². The van der Waals surface area contributed by atoms with Crippen molar-refractivity contribution in [3.05, 3.63) is 11.6 Å². The summed E-state index contributed by atoms with van der Waals surface area (Å²) in [5.74, 6) is -0.346. The molecule has 2 aliphatic carbocycles. The highest BCUT2D eigenvalue weighted by molar-refractivity contribution is 5.95. The van der Waals surface area contributed by atoms with Crippen LogP contribution < -0.4 is 0 Å². The molecule has 0 radical (unpaired) electrons. The number of aliphatic hydroxyl groups excluding tert-OH is 2. The van der Waals surface area contributed by atoms with Crippen LogP contribution in [0.15, 0.2) is 11.6 Å². The first-order chi connectivity index (χ1) is 8.74. The third-order valence-electron chi connectivity index (χ3n) is 5.53. The molecular formula is C15H24O4. The zero-order chi connectivity index (χ0) is 14.4. The zero-order valence-electron chi connectivity index (χ0n) is 11.9. The molecule has 2 aliphatic rings. The number of hydrogen-bond donors (Lipinski definition) is 3. The Bertz CT molecular complexity index is 412. The zero-order valence-corrected chi connectivity index (χ0v) is 11.9. The fourth-order valence-corrected chi connectivity index (χ4v) is 3.86. The summed E-state index contributed by atoms with van der Waals surface area (Å²) in [4.78, 5) is 11.7. The van der Waals surface area contributed by atoms with Gasteiger partial charge in [0.15, 0.2) is 5.78 Å². The minimum atomic E-state index is -1.09. The standard InChI is InChI=1S/C15H24O4/c1-9-6-12(17)13(18)10(2)15(9)5-4-11(7-15)14(3,19)8-16/h6,10-11,13,16,18-19H,4-5,7-8H2,1-3H3/t10?,11?,13?,14-,15?/m0/s1. The van der Waals surface area contributed by atoms with Gasteiger partial charge in [0.05, 0.1) is 12.2 Å². The summed E-state index contributed by atoms with van der Waals surface area (Å²) in [5.41, 5.74) is -0.292. The summed E-state index contributed by atoms with van der Waals surface area (Å²) in [6.07, 6.45) is 2.99. The van der Waals surface area contributed by atoms with Crippen molar-refractivity contribution in [2.45, 2.75) is 51.7 Å². The van der Waals surface area contributed by atoms with Gasteiger partial charge in [0.25, 0.3) is 0 Å². The first kappa shape index (κ1) is 14.7. The number of allylic oxidation sites excluding steroid dienone is 1. The summed E-state index contributed by atoms with van der Waals surface area (Å²) in [6, 6.07) is 0. The molecule has 0 saturated heterocycles. The van der Waals surface area contributed by atoms with E-state index in [4.69, 9.17) is 0 Å². The Morgan fingerprint density at radius 2 is 2.16 bits per heavy atom. The van der Waals surface area contributed by atoms with Crippen LogP contribution in [0.25, 0.3) is 0 Å². The van der Waals surface area contributed by atoms with Gasteiger partial charge in [-0.05, 0) is 56.4 Å². The molecule has 2 rings (SSSR count). The van der Waals surface area contributed by atoms with Crippen LogP contribution in [-0.2, 0) is 4.79 Å². The lowest BCUT2D eigenvalue weighted by atomic mass is 9.63. The molecule has 1 fully saturated rings. The van der Waals surface area contributed by atoms with Crippen molar-refractivity contribution in [2.24, 2.45) is 17.3 Å². The normalized spacial score (nSPS) is 42.3. The van der Waals surface area contributed by atoms with Gasteiger partial charge in [-0.15, -0.1) is 0 Å². The molecule has 0 heterocycles. The Morgan fingerprint density at radius 1 is 1.53 bits per heavy atom. The quantitative estimate of drug-likeness (QED) is 0.699. The van der Waals surface area contributed by atoms with Crippen LogP contribution in [0.5, 0.6) is 0 Å². The number of carbonyl (C=O) groups is 1. The van der Waals surface area contributed by atoms with Crippen molar-refractivity contribution in [1.29, 1.82) is 0 Å². The number of rotatable bonds is 2. The van der Waals surface area contributed by atoms with Crippen LogP contribution in [-0.4, -0.2) is 39.4 Å². The van der Waals surface area contributed by atoms with E-state index in [0.717, 1.165) is 18.4 Å². The van der Waals surface area contributed by atoms with Gasteiger partial charge < -0.3 is 15.3 Å². The summed E-state index contributed by atoms with van der Waals surface area (Å²) < 4.78 is 0. The van der Waals surface area contributed by atoms with Gasteiger partial charge in [0, 0.05) is 0 Å². The SMILES string of the molecule is CC1=CC(=O)C(O)C(C)C12CCC([C@@](C)(O)CO)C2. The molecule has 1 saturated carbocycles. The predicted molar refractivity (Wildman–Crippen MR) is 71.4 cm³/mol. The smallest absolute Gasteiger partial charge is 0.184 e. The van der Waals surface area contributed by atoms with Gasteiger partial charge in [0.1, 0.15) is 6.10 Å². The van der Waals surface area contributed by atoms with Crippen LogP contribution in [0.3, 0.4) is 0 Å². The van der Waals surface area contributed by atoms with Crippen LogP contribution in [0.4, 0.5) is 0 Å². The lowest BCUT2D eigenvalue weighted by molar-refractivity contribution is -0.128. The molecule has 108 valence electrons. The van der Waals surface area contributed by atoms with E-state index in [2.05, 4.69) is 0 Å². The second-order valence-corrected chi connectivity index (χ2v) is 6.57. The number of carbonyl (C=O) groups excluding carboxylic acids is 1. The summed E-state index contributed by atoms with van der Waals surface area (Å²) in [7, 11) is 0. The third kappa shape index (κ3) is 2.16. The second-order valence-electron chi connectivity index (χ2n) is 6.57. The molecule has 4 nitrogen and oxygen atoms in total. The monoisotopic (exact) mass is 268 g/mol. The van der Waals surface area contributed by atoms with E-state index in [0.29, 0.717) is 6.42 Å². The fraction of sp³-hybridized carbons (Fsp3) is 0.800. The van der Waals surface area contributed by atoms with Crippen molar-refractivity contribution < 1.29 is 20.1 Å². The van der Waals surface area contributed by atoms with E-state index in [-0.39, 0.29) is 29.6 Å². The molecule has 0 aliphatic heterocycles. The number of ketones is 1. The highest BCUT2D eigenvalue weighted by atomic mass is 16.3. The van der Waals surface area contributed by atoms with Crippen LogP contribution in [0.2, 0.25) is 0 Å². The summed E-state index contributed by atoms with van der Waals surface area (Å²) in [6.45, 7) is 5.25. The lowest BCUT2D eigenvalue weighted by Crippen LogP contribution is -2.45. The third-order valence-corrected chi connectivity index (χ3v) is 5.53. The summed E-state index contributed by atoms with van der Waals surface area (Å²) >= 11 is 0. The first-order valence-corrected chi connectivity index (χ1v) is 6.98. The molecule has 4 heteroatoms. The second kappa shape index (κ2) is 4.69. The van der Waals surface area contributed by atoms with Gasteiger partial charge in [-0.25, -0.2) is 0 Å². The minimum Gasteiger partial charge on any atom is -0.393 e. The van der Waals surface area contributed by atoms with Crippen molar-refractivity contribution in [2.75, 3.05) is 6.61 Å². The van der Waals surface area contributed by atoms with Gasteiger partial charge in [-0.1, -0.05) is 12.5 Å². The van der Waals surface area contributed by atoms with E-state index >= 15 is 0 Å². The van der Waals surface area contributed by atoms with Gasteiger partial charge in [-0.3, -0.25) is 4.79 Å². The molecule has 0 amide bonds. The van der Waals surface area contributed by atoms with Gasteiger partial charge >= 0.3 is 0 Å². The first-order valence-electron chi connectivity index (χ1n) is 6.98. The Hall–Kier alpha value is -0.710. The summed E-state index contributed by atoms with van der Waals surface area (Å²) in [5, 5.41) is 29.6. The topological polar surface area (TPSA) is 77.8 Å². The molecule has 4 unspecified atom stereocenters. The van der Waals surface area contributed by atoms with Crippen LogP contribution in [0, 0.1) is 17.3 Å². The maximum atomic E-state index is 11.7. The molecule has 1 spiro atoms. The molecule has 19 heavy (non-hydrogen) atoms. The number of aliphatic hydroxyl groups is 3. The highest BCUT2D eigenvalue weighted by Gasteiger charge is 2.53. The van der Waals surface area contributed by atoms with Crippen molar-refractivity contribution in [3.8, 4) is 0 Å². The van der Waals surface area contributed by atoms with E-state index in [1.165, 1.54) is 0 Å². The van der Waals surface area contributed by atoms with E-state index in [1.807, 2.05) is 13.8 Å². The molecule has 0 bridgehead atoms. The molecule has 0 aromatic carbocycles. The van der Waals surface area contributed by atoms with Gasteiger partial charge in [-0.2, -0.15) is 0 Å². The Kier molecular flexibility index (Phi) is 3.62. The lowest BCUT2D eigenvalue weighted by Gasteiger charge is -2.43. The maximum Gasteiger partial charge on any atom is 0.184 e. The molecule has 0 aromatic rings. The average Bonchev–Trinajstić information content (AvgIpc) is 2.82. The van der Waals surface area contributed by atoms with E-state index in [9.17, 15) is 20.1 Å². The number of hydrogen-bond acceptors (Lipinski definition) is 4. The minimum absolute atomic E-state index is 0.00343. The Morgan fingerprint density at radius 3 is 2.74 bits per heavy atom. The Balaban J connectivity index is 2.30. The van der Waals surface area contributed by atoms with Gasteiger partial charge in [0.2, 0.25) is 0 Å². The molecule has 3 N–H and O–H groups in total. The average molecular weight is 268 g/mol. The highest BCUT2D eigenvalue weighted by Crippen LogP contribution is 2.56. The molecule has 0 aromatic heterocycles. The van der Waals surface area contributed by atoms with Crippen molar-refractivity contribution in [1.82, 2.24) is 0 Å². The van der Waals surface area contributed by atoms with E-state index in [1.54, 1.807) is 13.0 Å².